The number of likely N-dealkylation sites (tertiary alicyclic amines) is 1. The van der Waals surface area contributed by atoms with Crippen molar-refractivity contribution in [3.05, 3.63) is 52.9 Å². The topological polar surface area (TPSA) is 65.8 Å². The van der Waals surface area contributed by atoms with Crippen LogP contribution in [-0.4, -0.2) is 52.0 Å². The lowest BCUT2D eigenvalue weighted by Gasteiger charge is -2.43. The van der Waals surface area contributed by atoms with Gasteiger partial charge in [-0.25, -0.2) is 4.79 Å². The van der Waals surface area contributed by atoms with Gasteiger partial charge in [-0.1, -0.05) is 17.7 Å². The number of aryl methyl sites for hydroxylation is 1. The molecule has 1 aromatic heterocycles. The van der Waals surface area contributed by atoms with Crippen molar-refractivity contribution in [2.24, 2.45) is 0 Å². The van der Waals surface area contributed by atoms with Gasteiger partial charge in [0.05, 0.1) is 11.1 Å². The lowest BCUT2D eigenvalue weighted by molar-refractivity contribution is 0.0554. The Morgan fingerprint density at radius 1 is 1.21 bits per heavy atom. The summed E-state index contributed by atoms with van der Waals surface area (Å²) in [6.45, 7) is 3.83. The number of nitrogens with one attached hydrogen (secondary N) is 1. The van der Waals surface area contributed by atoms with Crippen LogP contribution in [0, 0.1) is 6.92 Å². The standard InChI is InChI=1S/C20H22ClN3O3S/c1-14-4-5-15(13-16(14)21)22-19(26)23-8-6-20(7-9-23)24(10-12-28-20)18(25)17-3-2-11-27-17/h2-5,11,13H,6-10,12H2,1H3,(H,22,26). The second kappa shape index (κ2) is 7.72. The number of amides is 3. The number of thioether (sulfide) groups is 1. The van der Waals surface area contributed by atoms with E-state index >= 15 is 0 Å². The lowest BCUT2D eigenvalue weighted by Crippen LogP contribution is -2.54. The number of rotatable bonds is 2. The molecule has 3 amide bonds. The third-order valence-corrected chi connectivity index (χ3v) is 7.37. The fourth-order valence-electron chi connectivity index (χ4n) is 3.78. The molecule has 2 aromatic rings. The Hall–Kier alpha value is -2.12. The Balaban J connectivity index is 1.40. The van der Waals surface area contributed by atoms with Gasteiger partial charge in [-0.05, 0) is 49.6 Å². The zero-order chi connectivity index (χ0) is 19.7. The number of anilines is 1. The highest BCUT2D eigenvalue weighted by atomic mass is 35.5. The molecular weight excluding hydrogens is 398 g/mol. The van der Waals surface area contributed by atoms with Crippen LogP contribution >= 0.6 is 23.4 Å². The molecule has 4 rings (SSSR count). The van der Waals surface area contributed by atoms with Crippen LogP contribution in [0.3, 0.4) is 0 Å². The minimum Gasteiger partial charge on any atom is -0.459 e. The van der Waals surface area contributed by atoms with Crippen LogP contribution in [0.1, 0.15) is 29.0 Å². The molecule has 2 fully saturated rings. The maximum Gasteiger partial charge on any atom is 0.321 e. The molecule has 0 saturated carbocycles. The first kappa shape index (κ1) is 19.2. The monoisotopic (exact) mass is 419 g/mol. The second-order valence-corrected chi connectivity index (χ2v) is 8.97. The summed E-state index contributed by atoms with van der Waals surface area (Å²) in [7, 11) is 0. The molecule has 1 spiro atoms. The minimum absolute atomic E-state index is 0.0674. The number of urea groups is 1. The Labute approximate surface area is 173 Å². The maximum atomic E-state index is 12.8. The zero-order valence-electron chi connectivity index (χ0n) is 15.6. The summed E-state index contributed by atoms with van der Waals surface area (Å²) in [6, 6.07) is 8.79. The molecule has 1 N–H and O–H groups in total. The molecule has 2 saturated heterocycles. The highest BCUT2D eigenvalue weighted by Crippen LogP contribution is 2.44. The van der Waals surface area contributed by atoms with Crippen molar-refractivity contribution in [1.82, 2.24) is 9.80 Å². The van der Waals surface area contributed by atoms with E-state index in [4.69, 9.17) is 16.0 Å². The molecule has 2 aliphatic heterocycles. The van der Waals surface area contributed by atoms with Crippen LogP contribution in [0.25, 0.3) is 0 Å². The molecule has 0 radical (unpaired) electrons. The summed E-state index contributed by atoms with van der Waals surface area (Å²) in [6.07, 6.45) is 3.01. The lowest BCUT2D eigenvalue weighted by atomic mass is 10.0. The summed E-state index contributed by atoms with van der Waals surface area (Å²) in [5.74, 6) is 1.21. The SMILES string of the molecule is Cc1ccc(NC(=O)N2CCC3(CC2)SCCN3C(=O)c2ccco2)cc1Cl. The van der Waals surface area contributed by atoms with Crippen molar-refractivity contribution in [3.63, 3.8) is 0 Å². The predicted molar refractivity (Wildman–Crippen MR) is 111 cm³/mol. The Morgan fingerprint density at radius 2 is 2.00 bits per heavy atom. The van der Waals surface area contributed by atoms with Gasteiger partial charge < -0.3 is 19.5 Å². The first-order chi connectivity index (χ1) is 13.5. The molecule has 1 aromatic carbocycles. The number of nitrogens with zero attached hydrogens (tertiary/aromatic N) is 2. The average molecular weight is 420 g/mol. The van der Waals surface area contributed by atoms with E-state index in [0.29, 0.717) is 36.1 Å². The van der Waals surface area contributed by atoms with E-state index in [1.165, 1.54) is 6.26 Å². The molecule has 28 heavy (non-hydrogen) atoms. The van der Waals surface area contributed by atoms with Gasteiger partial charge in [0.2, 0.25) is 0 Å². The van der Waals surface area contributed by atoms with E-state index in [1.807, 2.05) is 35.7 Å². The number of piperidine rings is 1. The summed E-state index contributed by atoms with van der Waals surface area (Å²) in [5, 5.41) is 3.54. The molecule has 2 aliphatic rings. The summed E-state index contributed by atoms with van der Waals surface area (Å²) < 4.78 is 5.30. The van der Waals surface area contributed by atoms with Crippen LogP contribution in [0.2, 0.25) is 5.02 Å². The van der Waals surface area contributed by atoms with Crippen LogP contribution in [-0.2, 0) is 0 Å². The Kier molecular flexibility index (Phi) is 5.29. The van der Waals surface area contributed by atoms with Crippen molar-refractivity contribution in [2.75, 3.05) is 30.7 Å². The van der Waals surface area contributed by atoms with Crippen molar-refractivity contribution < 1.29 is 14.0 Å². The van der Waals surface area contributed by atoms with Gasteiger partial charge in [0.25, 0.3) is 5.91 Å². The third kappa shape index (κ3) is 3.61. The van der Waals surface area contributed by atoms with E-state index in [9.17, 15) is 9.59 Å². The van der Waals surface area contributed by atoms with Gasteiger partial charge in [0.1, 0.15) is 0 Å². The van der Waals surface area contributed by atoms with Crippen molar-refractivity contribution in [1.29, 1.82) is 0 Å². The number of hydrogen-bond acceptors (Lipinski definition) is 4. The van der Waals surface area contributed by atoms with Gasteiger partial charge in [-0.2, -0.15) is 0 Å². The fraction of sp³-hybridized carbons (Fsp3) is 0.400. The number of hydrogen-bond donors (Lipinski definition) is 1. The molecule has 6 nitrogen and oxygen atoms in total. The van der Waals surface area contributed by atoms with Gasteiger partial charge in [-0.3, -0.25) is 4.79 Å². The number of carbonyl (C=O) groups is 2. The summed E-state index contributed by atoms with van der Waals surface area (Å²) in [5.41, 5.74) is 1.66. The van der Waals surface area contributed by atoms with Crippen molar-refractivity contribution in [2.45, 2.75) is 24.6 Å². The molecule has 148 valence electrons. The highest BCUT2D eigenvalue weighted by molar-refractivity contribution is 8.00. The first-order valence-corrected chi connectivity index (χ1v) is 10.7. The molecule has 0 unspecified atom stereocenters. The minimum atomic E-state index is -0.256. The predicted octanol–water partition coefficient (Wildman–Crippen LogP) is 4.45. The Morgan fingerprint density at radius 3 is 2.68 bits per heavy atom. The first-order valence-electron chi connectivity index (χ1n) is 9.30. The third-order valence-electron chi connectivity index (χ3n) is 5.41. The number of carbonyl (C=O) groups excluding carboxylic acids is 2. The quantitative estimate of drug-likeness (QED) is 0.780. The smallest absolute Gasteiger partial charge is 0.321 e. The number of halogens is 1. The number of furan rings is 1. The van der Waals surface area contributed by atoms with Gasteiger partial charge in [-0.15, -0.1) is 11.8 Å². The van der Waals surface area contributed by atoms with Crippen molar-refractivity contribution in [3.8, 4) is 0 Å². The van der Waals surface area contributed by atoms with E-state index in [0.717, 1.165) is 24.2 Å². The van der Waals surface area contributed by atoms with E-state index < -0.39 is 0 Å². The maximum absolute atomic E-state index is 12.8. The van der Waals surface area contributed by atoms with Gasteiger partial charge in [0.15, 0.2) is 5.76 Å². The van der Waals surface area contributed by atoms with Crippen LogP contribution in [0.4, 0.5) is 10.5 Å². The molecule has 8 heteroatoms. The Bertz CT molecular complexity index is 879. The molecule has 0 atom stereocenters. The van der Waals surface area contributed by atoms with E-state index in [1.54, 1.807) is 23.1 Å². The molecule has 0 bridgehead atoms. The average Bonchev–Trinajstić information content (AvgIpc) is 3.35. The summed E-state index contributed by atoms with van der Waals surface area (Å²) >= 11 is 7.95. The van der Waals surface area contributed by atoms with Crippen molar-refractivity contribution >= 4 is 41.0 Å². The fourth-order valence-corrected chi connectivity index (χ4v) is 5.41. The largest absolute Gasteiger partial charge is 0.459 e. The zero-order valence-corrected chi connectivity index (χ0v) is 17.2. The molecule has 3 heterocycles. The van der Waals surface area contributed by atoms with E-state index in [2.05, 4.69) is 5.32 Å². The molecular formula is C20H22ClN3O3S. The van der Waals surface area contributed by atoms with Gasteiger partial charge in [0, 0.05) is 36.1 Å². The highest BCUT2D eigenvalue weighted by Gasteiger charge is 2.47. The second-order valence-electron chi connectivity index (χ2n) is 7.11. The molecule has 0 aliphatic carbocycles. The number of benzene rings is 1. The van der Waals surface area contributed by atoms with Crippen LogP contribution in [0.15, 0.2) is 41.0 Å². The van der Waals surface area contributed by atoms with Crippen LogP contribution < -0.4 is 5.32 Å². The van der Waals surface area contributed by atoms with Crippen LogP contribution in [0.5, 0.6) is 0 Å². The normalized spacial score (nSPS) is 18.5. The van der Waals surface area contributed by atoms with E-state index in [-0.39, 0.29) is 16.8 Å². The summed E-state index contributed by atoms with van der Waals surface area (Å²) in [4.78, 5) is 28.9. The van der Waals surface area contributed by atoms with Gasteiger partial charge >= 0.3 is 6.03 Å².